The molecule has 0 bridgehead atoms. The number of methoxy groups -OCH3 is 2. The quantitative estimate of drug-likeness (QED) is 0.697. The van der Waals surface area contributed by atoms with E-state index in [2.05, 4.69) is 0 Å². The van der Waals surface area contributed by atoms with Gasteiger partial charge in [-0.2, -0.15) is 0 Å². The van der Waals surface area contributed by atoms with Crippen molar-refractivity contribution in [3.05, 3.63) is 63.9 Å². The van der Waals surface area contributed by atoms with E-state index < -0.39 is 5.82 Å². The Morgan fingerprint density at radius 2 is 1.85 bits per heavy atom. The van der Waals surface area contributed by atoms with Crippen LogP contribution < -0.4 is 9.47 Å². The summed E-state index contributed by atoms with van der Waals surface area (Å²) in [7, 11) is 4.86. The second-order valence-corrected chi connectivity index (χ2v) is 6.24. The molecule has 0 atom stereocenters. The number of hydrogen-bond acceptors (Lipinski definition) is 3. The molecule has 2 aromatic carbocycles. The van der Waals surface area contributed by atoms with Crippen LogP contribution in [0.15, 0.2) is 36.4 Å². The van der Waals surface area contributed by atoms with E-state index in [0.717, 1.165) is 11.1 Å². The molecule has 138 valence electrons. The molecule has 2 aromatic rings. The molecule has 0 saturated heterocycles. The fourth-order valence-electron chi connectivity index (χ4n) is 2.44. The number of rotatable bonds is 6. The van der Waals surface area contributed by atoms with Crippen LogP contribution in [0.2, 0.25) is 5.02 Å². The molecule has 6 heteroatoms. The molecule has 0 spiro atoms. The number of benzene rings is 2. The molecular formula is C20H21ClFNO3. The molecule has 1 amide bonds. The lowest BCUT2D eigenvalue weighted by molar-refractivity contribution is -0.125. The summed E-state index contributed by atoms with van der Waals surface area (Å²) in [6.07, 6.45) is 3.03. The molecule has 0 radical (unpaired) electrons. The Kier molecular flexibility index (Phi) is 6.64. The topological polar surface area (TPSA) is 38.8 Å². The van der Waals surface area contributed by atoms with Gasteiger partial charge in [-0.15, -0.1) is 0 Å². The average Bonchev–Trinajstić information content (AvgIpc) is 2.63. The van der Waals surface area contributed by atoms with E-state index in [1.807, 2.05) is 19.1 Å². The summed E-state index contributed by atoms with van der Waals surface area (Å²) in [6.45, 7) is 2.37. The van der Waals surface area contributed by atoms with Crippen molar-refractivity contribution in [3.63, 3.8) is 0 Å². The SMILES string of the molecule is COc1cc(C)c(CN(C)C(=O)/C=C/c2ccc(F)c(Cl)c2)cc1OC. The van der Waals surface area contributed by atoms with Crippen molar-refractivity contribution in [3.8, 4) is 11.5 Å². The van der Waals surface area contributed by atoms with Crippen LogP contribution in [0.4, 0.5) is 4.39 Å². The molecule has 0 heterocycles. The Morgan fingerprint density at radius 1 is 1.19 bits per heavy atom. The van der Waals surface area contributed by atoms with Gasteiger partial charge in [-0.25, -0.2) is 4.39 Å². The number of amides is 1. The first-order valence-corrected chi connectivity index (χ1v) is 8.33. The number of ether oxygens (including phenoxy) is 2. The van der Waals surface area contributed by atoms with Crippen molar-refractivity contribution in [1.29, 1.82) is 0 Å². The number of carbonyl (C=O) groups is 1. The van der Waals surface area contributed by atoms with E-state index >= 15 is 0 Å². The first kappa shape index (κ1) is 19.8. The molecule has 26 heavy (non-hydrogen) atoms. The van der Waals surface area contributed by atoms with Crippen molar-refractivity contribution in [1.82, 2.24) is 4.90 Å². The zero-order chi connectivity index (χ0) is 19.3. The van der Waals surface area contributed by atoms with E-state index in [0.29, 0.717) is 23.6 Å². The maximum Gasteiger partial charge on any atom is 0.246 e. The smallest absolute Gasteiger partial charge is 0.246 e. The van der Waals surface area contributed by atoms with E-state index in [1.165, 1.54) is 18.2 Å². The number of halogens is 2. The van der Waals surface area contributed by atoms with Crippen LogP contribution in [0.5, 0.6) is 11.5 Å². The highest BCUT2D eigenvalue weighted by Gasteiger charge is 2.12. The number of nitrogens with zero attached hydrogens (tertiary/aromatic N) is 1. The minimum atomic E-state index is -0.490. The predicted octanol–water partition coefficient (Wildman–Crippen LogP) is 4.48. The summed E-state index contributed by atoms with van der Waals surface area (Å²) < 4.78 is 23.8. The van der Waals surface area contributed by atoms with E-state index in [4.69, 9.17) is 21.1 Å². The van der Waals surface area contributed by atoms with E-state index in [-0.39, 0.29) is 10.9 Å². The van der Waals surface area contributed by atoms with Gasteiger partial charge in [-0.3, -0.25) is 4.79 Å². The average molecular weight is 378 g/mol. The Labute approximate surface area is 157 Å². The lowest BCUT2D eigenvalue weighted by Crippen LogP contribution is -2.24. The van der Waals surface area contributed by atoms with Gasteiger partial charge in [0.25, 0.3) is 0 Å². The number of hydrogen-bond donors (Lipinski definition) is 0. The van der Waals surface area contributed by atoms with Gasteiger partial charge in [0.05, 0.1) is 19.2 Å². The van der Waals surface area contributed by atoms with Crippen molar-refractivity contribution in [2.75, 3.05) is 21.3 Å². The van der Waals surface area contributed by atoms with Crippen LogP contribution in [-0.4, -0.2) is 32.1 Å². The van der Waals surface area contributed by atoms with Crippen molar-refractivity contribution < 1.29 is 18.7 Å². The van der Waals surface area contributed by atoms with Gasteiger partial charge in [-0.05, 0) is 54.0 Å². The van der Waals surface area contributed by atoms with Gasteiger partial charge in [0.15, 0.2) is 11.5 Å². The lowest BCUT2D eigenvalue weighted by Gasteiger charge is -2.18. The van der Waals surface area contributed by atoms with Crippen molar-refractivity contribution >= 4 is 23.6 Å². The maximum atomic E-state index is 13.2. The minimum Gasteiger partial charge on any atom is -0.493 e. The normalized spacial score (nSPS) is 10.8. The van der Waals surface area contributed by atoms with Crippen LogP contribution in [0.3, 0.4) is 0 Å². The number of aryl methyl sites for hydroxylation is 1. The zero-order valence-corrected chi connectivity index (χ0v) is 15.9. The Bertz CT molecular complexity index is 836. The first-order valence-electron chi connectivity index (χ1n) is 7.95. The summed E-state index contributed by atoms with van der Waals surface area (Å²) in [4.78, 5) is 13.9. The van der Waals surface area contributed by atoms with Crippen LogP contribution in [0.1, 0.15) is 16.7 Å². The summed E-state index contributed by atoms with van der Waals surface area (Å²) in [5.41, 5.74) is 2.61. The number of carbonyl (C=O) groups excluding carboxylic acids is 1. The zero-order valence-electron chi connectivity index (χ0n) is 15.2. The Morgan fingerprint density at radius 3 is 2.46 bits per heavy atom. The standard InChI is InChI=1S/C20H21ClFNO3/c1-13-9-18(25-3)19(26-4)11-15(13)12-23(2)20(24)8-6-14-5-7-17(22)16(21)10-14/h5-11H,12H2,1-4H3/b8-6+. The summed E-state index contributed by atoms with van der Waals surface area (Å²) in [5.74, 6) is 0.595. The van der Waals surface area contributed by atoms with E-state index in [1.54, 1.807) is 38.3 Å². The monoisotopic (exact) mass is 377 g/mol. The molecule has 0 aliphatic heterocycles. The Hall–Kier alpha value is -2.53. The summed E-state index contributed by atoms with van der Waals surface area (Å²) in [5, 5.41) is 0.0221. The maximum absolute atomic E-state index is 13.2. The predicted molar refractivity (Wildman–Crippen MR) is 101 cm³/mol. The third-order valence-corrected chi connectivity index (χ3v) is 4.28. The summed E-state index contributed by atoms with van der Waals surface area (Å²) in [6, 6.07) is 8.04. The molecule has 0 N–H and O–H groups in total. The molecule has 0 unspecified atom stereocenters. The highest BCUT2D eigenvalue weighted by Crippen LogP contribution is 2.30. The second-order valence-electron chi connectivity index (χ2n) is 5.83. The molecular weight excluding hydrogens is 357 g/mol. The summed E-state index contributed by atoms with van der Waals surface area (Å²) >= 11 is 5.74. The molecule has 4 nitrogen and oxygen atoms in total. The van der Waals surface area contributed by atoms with Crippen LogP contribution in [0.25, 0.3) is 6.08 Å². The van der Waals surface area contributed by atoms with Gasteiger partial charge in [0.1, 0.15) is 5.82 Å². The third kappa shape index (κ3) is 4.76. The lowest BCUT2D eigenvalue weighted by atomic mass is 10.1. The highest BCUT2D eigenvalue weighted by atomic mass is 35.5. The fraction of sp³-hybridized carbons (Fsp3) is 0.250. The van der Waals surface area contributed by atoms with Gasteiger partial charge in [-0.1, -0.05) is 17.7 Å². The van der Waals surface area contributed by atoms with Crippen molar-refractivity contribution in [2.45, 2.75) is 13.5 Å². The minimum absolute atomic E-state index is 0.0221. The molecule has 2 rings (SSSR count). The number of likely N-dealkylation sites (N-methyl/N-ethyl adjacent to an activating group) is 1. The van der Waals surface area contributed by atoms with Crippen LogP contribution in [-0.2, 0) is 11.3 Å². The molecule has 0 fully saturated rings. The molecule has 0 aliphatic rings. The van der Waals surface area contributed by atoms with Gasteiger partial charge < -0.3 is 14.4 Å². The van der Waals surface area contributed by atoms with Gasteiger partial charge >= 0.3 is 0 Å². The molecule has 0 saturated carbocycles. The molecule has 0 aromatic heterocycles. The van der Waals surface area contributed by atoms with Gasteiger partial charge in [0, 0.05) is 19.7 Å². The van der Waals surface area contributed by atoms with E-state index in [9.17, 15) is 9.18 Å². The third-order valence-electron chi connectivity index (χ3n) is 3.99. The molecule has 0 aliphatic carbocycles. The van der Waals surface area contributed by atoms with Crippen LogP contribution in [0, 0.1) is 12.7 Å². The fourth-order valence-corrected chi connectivity index (χ4v) is 2.63. The first-order chi connectivity index (χ1) is 12.3. The highest BCUT2D eigenvalue weighted by molar-refractivity contribution is 6.30. The second kappa shape index (κ2) is 8.72. The largest absolute Gasteiger partial charge is 0.493 e. The van der Waals surface area contributed by atoms with Gasteiger partial charge in [0.2, 0.25) is 5.91 Å². The van der Waals surface area contributed by atoms with Crippen LogP contribution >= 0.6 is 11.6 Å². The van der Waals surface area contributed by atoms with Crippen molar-refractivity contribution in [2.24, 2.45) is 0 Å². The Balaban J connectivity index is 2.11.